The van der Waals surface area contributed by atoms with Crippen LogP contribution < -0.4 is 9.47 Å². The van der Waals surface area contributed by atoms with E-state index in [9.17, 15) is 9.59 Å². The molecule has 1 aliphatic heterocycles. The number of fused-ring (bicyclic) bond motifs is 1. The van der Waals surface area contributed by atoms with E-state index in [2.05, 4.69) is 10.1 Å². The van der Waals surface area contributed by atoms with Gasteiger partial charge in [0.1, 0.15) is 16.7 Å². The fourth-order valence-corrected chi connectivity index (χ4v) is 4.35. The number of ether oxygens (including phenoxy) is 2. The fourth-order valence-electron chi connectivity index (χ4n) is 4.09. The van der Waals surface area contributed by atoms with E-state index in [1.165, 1.54) is 5.01 Å². The topological polar surface area (TPSA) is 101 Å². The molecule has 0 unspecified atom stereocenters. The van der Waals surface area contributed by atoms with Crippen LogP contribution in [0.3, 0.4) is 0 Å². The summed E-state index contributed by atoms with van der Waals surface area (Å²) in [6.45, 7) is 1.96. The van der Waals surface area contributed by atoms with Crippen LogP contribution in [0.4, 0.5) is 0 Å². The number of pyridine rings is 1. The second-order valence-electron chi connectivity index (χ2n) is 7.98. The first-order valence-electron chi connectivity index (χ1n) is 10.7. The van der Waals surface area contributed by atoms with Gasteiger partial charge in [0.2, 0.25) is 5.91 Å². The molecular weight excluding hydrogens is 458 g/mol. The number of hydrazone groups is 1. The molecule has 8 nitrogen and oxygen atoms in total. The molecule has 0 bridgehead atoms. The van der Waals surface area contributed by atoms with Gasteiger partial charge < -0.3 is 14.6 Å². The molecule has 0 saturated heterocycles. The Bertz CT molecular complexity index is 1310. The fraction of sp³-hybridized carbons (Fsp3) is 0.280. The van der Waals surface area contributed by atoms with Gasteiger partial charge in [-0.05, 0) is 36.8 Å². The van der Waals surface area contributed by atoms with Crippen molar-refractivity contribution in [3.05, 3.63) is 64.3 Å². The number of aryl methyl sites for hydroxylation is 1. The number of hydrogen-bond acceptors (Lipinski definition) is 6. The van der Waals surface area contributed by atoms with Crippen LogP contribution in [0, 0.1) is 6.92 Å². The van der Waals surface area contributed by atoms with Crippen molar-refractivity contribution >= 4 is 40.1 Å². The third-order valence-corrected chi connectivity index (χ3v) is 6.13. The predicted octanol–water partition coefficient (Wildman–Crippen LogP) is 4.76. The molecule has 1 N–H and O–H groups in total. The summed E-state index contributed by atoms with van der Waals surface area (Å²) in [7, 11) is 3.12. The van der Waals surface area contributed by atoms with Crippen LogP contribution in [-0.4, -0.2) is 46.9 Å². The van der Waals surface area contributed by atoms with Gasteiger partial charge in [0.15, 0.2) is 0 Å². The third-order valence-electron chi connectivity index (χ3n) is 5.82. The Hall–Kier alpha value is -3.65. The van der Waals surface area contributed by atoms with Crippen molar-refractivity contribution < 1.29 is 24.2 Å². The number of hydrogen-bond donors (Lipinski definition) is 1. The standard InChI is InChI=1S/C25H24ClN3O5/c1-14-5-4-6-15-11-18(25(26)27-24(14)15)20-13-19(28-29(20)22(30)9-10-23(31)32)17-12-16(33-2)7-8-21(17)34-3/h4-8,11-12,20H,9-10,13H2,1-3H3,(H,31,32)/t20-/m1/s1. The first-order valence-corrected chi connectivity index (χ1v) is 11.1. The Labute approximate surface area is 201 Å². The maximum Gasteiger partial charge on any atom is 0.303 e. The van der Waals surface area contributed by atoms with Gasteiger partial charge in [-0.1, -0.05) is 29.8 Å². The van der Waals surface area contributed by atoms with Crippen molar-refractivity contribution in [2.45, 2.75) is 32.2 Å². The second kappa shape index (κ2) is 9.69. The Balaban J connectivity index is 1.80. The van der Waals surface area contributed by atoms with Gasteiger partial charge in [0.05, 0.1) is 37.9 Å². The predicted molar refractivity (Wildman–Crippen MR) is 129 cm³/mol. The van der Waals surface area contributed by atoms with E-state index in [4.69, 9.17) is 26.2 Å². The molecule has 9 heteroatoms. The molecule has 0 fully saturated rings. The summed E-state index contributed by atoms with van der Waals surface area (Å²) < 4.78 is 10.9. The molecule has 1 aliphatic rings. The third kappa shape index (κ3) is 4.54. The summed E-state index contributed by atoms with van der Waals surface area (Å²) in [6, 6.07) is 12.5. The number of aliphatic carboxylic acids is 1. The quantitative estimate of drug-likeness (QED) is 0.488. The molecule has 3 aromatic rings. The van der Waals surface area contributed by atoms with E-state index in [0.717, 1.165) is 16.5 Å². The summed E-state index contributed by atoms with van der Waals surface area (Å²) in [4.78, 5) is 28.7. The first-order chi connectivity index (χ1) is 16.3. The number of rotatable bonds is 7. The molecule has 0 aliphatic carbocycles. The average molecular weight is 482 g/mol. The highest BCUT2D eigenvalue weighted by Gasteiger charge is 2.36. The van der Waals surface area contributed by atoms with Gasteiger partial charge >= 0.3 is 5.97 Å². The Morgan fingerprint density at radius 1 is 1.15 bits per heavy atom. The first kappa shape index (κ1) is 23.5. The minimum atomic E-state index is -1.05. The molecule has 2 aromatic carbocycles. The molecule has 1 aromatic heterocycles. The van der Waals surface area contributed by atoms with Crippen molar-refractivity contribution in [2.75, 3.05) is 14.2 Å². The van der Waals surface area contributed by atoms with Crippen molar-refractivity contribution in [3.63, 3.8) is 0 Å². The van der Waals surface area contributed by atoms with Gasteiger partial charge in [-0.3, -0.25) is 9.59 Å². The minimum Gasteiger partial charge on any atom is -0.497 e. The number of carboxylic acid groups (broad SMARTS) is 1. The molecule has 1 amide bonds. The number of para-hydroxylation sites is 1. The molecular formula is C25H24ClN3O5. The zero-order valence-corrected chi connectivity index (χ0v) is 19.8. The zero-order valence-electron chi connectivity index (χ0n) is 19.0. The largest absolute Gasteiger partial charge is 0.497 e. The highest BCUT2D eigenvalue weighted by atomic mass is 35.5. The summed E-state index contributed by atoms with van der Waals surface area (Å²) in [5.74, 6) is -0.267. The van der Waals surface area contributed by atoms with Gasteiger partial charge in [-0.15, -0.1) is 0 Å². The lowest BCUT2D eigenvalue weighted by molar-refractivity contribution is -0.141. The Kier molecular flexibility index (Phi) is 6.70. The molecule has 0 saturated carbocycles. The lowest BCUT2D eigenvalue weighted by atomic mass is 9.97. The number of carboxylic acids is 1. The lowest BCUT2D eigenvalue weighted by Gasteiger charge is -2.23. The van der Waals surface area contributed by atoms with Crippen molar-refractivity contribution in [1.82, 2.24) is 9.99 Å². The van der Waals surface area contributed by atoms with Crippen LogP contribution >= 0.6 is 11.6 Å². The summed E-state index contributed by atoms with van der Waals surface area (Å²) in [5, 5.41) is 16.2. The lowest BCUT2D eigenvalue weighted by Crippen LogP contribution is -2.27. The van der Waals surface area contributed by atoms with E-state index in [1.54, 1.807) is 32.4 Å². The second-order valence-corrected chi connectivity index (χ2v) is 8.34. The number of aromatic nitrogens is 1. The van der Waals surface area contributed by atoms with E-state index in [-0.39, 0.29) is 18.0 Å². The number of carbonyl (C=O) groups is 2. The molecule has 1 atom stereocenters. The molecule has 176 valence electrons. The van der Waals surface area contributed by atoms with Crippen LogP contribution in [-0.2, 0) is 9.59 Å². The molecule has 0 radical (unpaired) electrons. The van der Waals surface area contributed by atoms with Crippen LogP contribution in [0.2, 0.25) is 5.15 Å². The summed E-state index contributed by atoms with van der Waals surface area (Å²) in [6.07, 6.45) is -0.130. The van der Waals surface area contributed by atoms with Gasteiger partial charge in [-0.2, -0.15) is 5.10 Å². The Morgan fingerprint density at radius 3 is 2.65 bits per heavy atom. The number of benzene rings is 2. The van der Waals surface area contributed by atoms with Gasteiger partial charge in [0.25, 0.3) is 0 Å². The maximum atomic E-state index is 13.1. The van der Waals surface area contributed by atoms with Crippen molar-refractivity contribution in [1.29, 1.82) is 0 Å². The monoisotopic (exact) mass is 481 g/mol. The zero-order chi connectivity index (χ0) is 24.4. The molecule has 2 heterocycles. The van der Waals surface area contributed by atoms with Crippen LogP contribution in [0.5, 0.6) is 11.5 Å². The number of methoxy groups -OCH3 is 2. The van der Waals surface area contributed by atoms with Gasteiger partial charge in [-0.25, -0.2) is 9.99 Å². The number of amides is 1. The summed E-state index contributed by atoms with van der Waals surface area (Å²) in [5.41, 5.74) is 3.70. The molecule has 4 rings (SSSR count). The minimum absolute atomic E-state index is 0.185. The normalized spacial score (nSPS) is 15.4. The highest BCUT2D eigenvalue weighted by molar-refractivity contribution is 6.30. The Morgan fingerprint density at radius 2 is 1.94 bits per heavy atom. The maximum absolute atomic E-state index is 13.1. The smallest absolute Gasteiger partial charge is 0.303 e. The van der Waals surface area contributed by atoms with Gasteiger partial charge in [0, 0.05) is 29.4 Å². The number of nitrogens with zero attached hydrogens (tertiary/aromatic N) is 3. The van der Waals surface area contributed by atoms with Crippen molar-refractivity contribution in [2.24, 2.45) is 5.10 Å². The highest BCUT2D eigenvalue weighted by Crippen LogP contribution is 2.39. The van der Waals surface area contributed by atoms with Crippen LogP contribution in [0.15, 0.2) is 47.6 Å². The van der Waals surface area contributed by atoms with Crippen LogP contribution in [0.25, 0.3) is 10.9 Å². The number of halogens is 1. The van der Waals surface area contributed by atoms with Crippen LogP contribution in [0.1, 0.15) is 42.0 Å². The molecule has 0 spiro atoms. The van der Waals surface area contributed by atoms with Crippen molar-refractivity contribution in [3.8, 4) is 11.5 Å². The van der Waals surface area contributed by atoms with E-state index >= 15 is 0 Å². The molecule has 34 heavy (non-hydrogen) atoms. The summed E-state index contributed by atoms with van der Waals surface area (Å²) >= 11 is 6.61. The van der Waals surface area contributed by atoms with E-state index < -0.39 is 17.9 Å². The SMILES string of the molecule is COc1ccc(OC)c(C2=NN(C(=O)CCC(=O)O)[C@@H](c3cc4cccc(C)c4nc3Cl)C2)c1. The van der Waals surface area contributed by atoms with E-state index in [1.807, 2.05) is 31.2 Å². The van der Waals surface area contributed by atoms with E-state index in [0.29, 0.717) is 34.8 Å². The average Bonchev–Trinajstić information content (AvgIpc) is 3.27. The number of carbonyl (C=O) groups excluding carboxylic acids is 1.